The average Bonchev–Trinajstić information content (AvgIpc) is 2.91. The first-order valence-corrected chi connectivity index (χ1v) is 7.34. The molecule has 2 aromatic rings. The Kier molecular flexibility index (Phi) is 3.61. The van der Waals surface area contributed by atoms with E-state index in [1.54, 1.807) is 6.08 Å². The molecule has 0 unspecified atom stereocenters. The van der Waals surface area contributed by atoms with Crippen molar-refractivity contribution in [2.45, 2.75) is 26.2 Å². The maximum atomic E-state index is 11.1. The number of rotatable bonds is 4. The van der Waals surface area contributed by atoms with E-state index in [9.17, 15) is 4.79 Å². The van der Waals surface area contributed by atoms with Crippen LogP contribution < -0.4 is 0 Å². The molecule has 0 saturated carbocycles. The fourth-order valence-corrected chi connectivity index (χ4v) is 2.93. The summed E-state index contributed by atoms with van der Waals surface area (Å²) in [4.78, 5) is 11.1. The molecule has 0 radical (unpaired) electrons. The lowest BCUT2D eigenvalue weighted by Crippen LogP contribution is -1.99. The summed E-state index contributed by atoms with van der Waals surface area (Å²) in [6, 6.07) is 14.7. The Bertz CT molecular complexity index is 726. The Morgan fingerprint density at radius 1 is 1.19 bits per heavy atom. The van der Waals surface area contributed by atoms with Gasteiger partial charge in [-0.05, 0) is 46.4 Å². The molecule has 0 spiro atoms. The monoisotopic (exact) mass is 278 g/mol. The predicted molar refractivity (Wildman–Crippen MR) is 85.2 cm³/mol. The van der Waals surface area contributed by atoms with Gasteiger partial charge in [-0.2, -0.15) is 0 Å². The number of carboxylic acids is 1. The zero-order valence-electron chi connectivity index (χ0n) is 12.1. The molecule has 3 rings (SSSR count). The summed E-state index contributed by atoms with van der Waals surface area (Å²) < 4.78 is 0. The molecule has 1 aliphatic rings. The quantitative estimate of drug-likeness (QED) is 0.903. The first-order valence-electron chi connectivity index (χ1n) is 7.34. The topological polar surface area (TPSA) is 37.3 Å². The van der Waals surface area contributed by atoms with Crippen LogP contribution in [0.3, 0.4) is 0 Å². The molecule has 2 nitrogen and oxygen atoms in total. The second kappa shape index (κ2) is 5.57. The van der Waals surface area contributed by atoms with Gasteiger partial charge in [0, 0.05) is 12.0 Å². The molecule has 2 aromatic carbocycles. The summed E-state index contributed by atoms with van der Waals surface area (Å²) in [5, 5.41) is 9.12. The highest BCUT2D eigenvalue weighted by Gasteiger charge is 2.18. The van der Waals surface area contributed by atoms with Crippen molar-refractivity contribution in [2.24, 2.45) is 0 Å². The second-order valence-corrected chi connectivity index (χ2v) is 5.47. The van der Waals surface area contributed by atoms with E-state index in [0.29, 0.717) is 12.0 Å². The van der Waals surface area contributed by atoms with Crippen LogP contribution in [0, 0.1) is 0 Å². The van der Waals surface area contributed by atoms with Gasteiger partial charge in [-0.1, -0.05) is 49.7 Å². The third-order valence-electron chi connectivity index (χ3n) is 3.98. The molecule has 0 heterocycles. The lowest BCUT2D eigenvalue weighted by atomic mass is 9.94. The number of fused-ring (bicyclic) bond motifs is 1. The standard InChI is InChI=1S/C19H18O2/c1-2-5-13-6-3-4-7-18(13)15-9-8-14-10-17(19(20)21)12-16(14)11-15/h3-4,6-9,11-12H,2,5,10H2,1H3,(H,20,21). The summed E-state index contributed by atoms with van der Waals surface area (Å²) in [6.45, 7) is 2.18. The van der Waals surface area contributed by atoms with Crippen LogP contribution in [-0.2, 0) is 17.6 Å². The molecular weight excluding hydrogens is 260 g/mol. The van der Waals surface area contributed by atoms with E-state index in [1.807, 2.05) is 0 Å². The van der Waals surface area contributed by atoms with E-state index in [4.69, 9.17) is 5.11 Å². The number of aliphatic carboxylic acids is 1. The lowest BCUT2D eigenvalue weighted by molar-refractivity contribution is -0.132. The van der Waals surface area contributed by atoms with Crippen molar-refractivity contribution < 1.29 is 9.90 Å². The molecule has 0 amide bonds. The van der Waals surface area contributed by atoms with Gasteiger partial charge in [0.05, 0.1) is 0 Å². The number of hydrogen-bond donors (Lipinski definition) is 1. The van der Waals surface area contributed by atoms with E-state index in [2.05, 4.69) is 49.4 Å². The van der Waals surface area contributed by atoms with Gasteiger partial charge in [-0.3, -0.25) is 0 Å². The minimum Gasteiger partial charge on any atom is -0.478 e. The number of benzene rings is 2. The van der Waals surface area contributed by atoms with E-state index in [-0.39, 0.29) is 0 Å². The first-order chi connectivity index (χ1) is 10.2. The second-order valence-electron chi connectivity index (χ2n) is 5.47. The minimum atomic E-state index is -0.820. The van der Waals surface area contributed by atoms with Gasteiger partial charge in [0.15, 0.2) is 0 Å². The Hall–Kier alpha value is -2.35. The van der Waals surface area contributed by atoms with E-state index >= 15 is 0 Å². The average molecular weight is 278 g/mol. The van der Waals surface area contributed by atoms with Crippen LogP contribution in [0.15, 0.2) is 48.0 Å². The van der Waals surface area contributed by atoms with Crippen LogP contribution in [0.25, 0.3) is 17.2 Å². The summed E-state index contributed by atoms with van der Waals surface area (Å²) in [7, 11) is 0. The number of carbonyl (C=O) groups is 1. The van der Waals surface area contributed by atoms with Gasteiger partial charge < -0.3 is 5.11 Å². The summed E-state index contributed by atoms with van der Waals surface area (Å²) in [5.41, 5.74) is 6.38. The predicted octanol–water partition coefficient (Wildman–Crippen LogP) is 4.33. The fourth-order valence-electron chi connectivity index (χ4n) is 2.93. The highest BCUT2D eigenvalue weighted by Crippen LogP contribution is 2.31. The highest BCUT2D eigenvalue weighted by molar-refractivity contribution is 5.95. The molecule has 0 atom stereocenters. The van der Waals surface area contributed by atoms with Crippen molar-refractivity contribution in [3.63, 3.8) is 0 Å². The number of carboxylic acid groups (broad SMARTS) is 1. The van der Waals surface area contributed by atoms with Gasteiger partial charge in [-0.25, -0.2) is 4.79 Å². The van der Waals surface area contributed by atoms with Crippen LogP contribution in [0.1, 0.15) is 30.0 Å². The maximum Gasteiger partial charge on any atom is 0.331 e. The minimum absolute atomic E-state index is 0.476. The third-order valence-corrected chi connectivity index (χ3v) is 3.98. The molecular formula is C19H18O2. The van der Waals surface area contributed by atoms with Crippen molar-refractivity contribution in [3.05, 3.63) is 64.7 Å². The van der Waals surface area contributed by atoms with Crippen LogP contribution in [0.5, 0.6) is 0 Å². The zero-order valence-corrected chi connectivity index (χ0v) is 12.1. The molecule has 0 bridgehead atoms. The normalized spacial score (nSPS) is 12.9. The Morgan fingerprint density at radius 3 is 2.76 bits per heavy atom. The largest absolute Gasteiger partial charge is 0.478 e. The van der Waals surface area contributed by atoms with Gasteiger partial charge in [0.2, 0.25) is 0 Å². The van der Waals surface area contributed by atoms with E-state index < -0.39 is 5.97 Å². The number of hydrogen-bond acceptors (Lipinski definition) is 1. The van der Waals surface area contributed by atoms with Crippen LogP contribution >= 0.6 is 0 Å². The molecule has 0 fully saturated rings. The molecule has 1 N–H and O–H groups in total. The van der Waals surface area contributed by atoms with Gasteiger partial charge >= 0.3 is 5.97 Å². The fraction of sp³-hybridized carbons (Fsp3) is 0.211. The van der Waals surface area contributed by atoms with Crippen LogP contribution in [0.4, 0.5) is 0 Å². The van der Waals surface area contributed by atoms with Crippen molar-refractivity contribution in [1.29, 1.82) is 0 Å². The Balaban J connectivity index is 2.03. The smallest absolute Gasteiger partial charge is 0.331 e. The molecule has 0 aromatic heterocycles. The summed E-state index contributed by atoms with van der Waals surface area (Å²) in [5.74, 6) is -0.820. The molecule has 0 aliphatic heterocycles. The van der Waals surface area contributed by atoms with Gasteiger partial charge in [-0.15, -0.1) is 0 Å². The Labute approximate surface area is 124 Å². The molecule has 21 heavy (non-hydrogen) atoms. The summed E-state index contributed by atoms with van der Waals surface area (Å²) in [6.07, 6.45) is 4.50. The maximum absolute atomic E-state index is 11.1. The van der Waals surface area contributed by atoms with Crippen LogP contribution in [0.2, 0.25) is 0 Å². The van der Waals surface area contributed by atoms with Crippen molar-refractivity contribution >= 4 is 12.0 Å². The van der Waals surface area contributed by atoms with Crippen molar-refractivity contribution in [1.82, 2.24) is 0 Å². The lowest BCUT2D eigenvalue weighted by Gasteiger charge is -2.10. The molecule has 0 saturated heterocycles. The van der Waals surface area contributed by atoms with Crippen LogP contribution in [-0.4, -0.2) is 11.1 Å². The molecule has 2 heteroatoms. The summed E-state index contributed by atoms with van der Waals surface area (Å²) >= 11 is 0. The number of aryl methyl sites for hydroxylation is 1. The van der Waals surface area contributed by atoms with E-state index in [0.717, 1.165) is 24.0 Å². The SMILES string of the molecule is CCCc1ccccc1-c1ccc2c(c1)C=C(C(=O)O)C2. The van der Waals surface area contributed by atoms with Crippen molar-refractivity contribution in [3.8, 4) is 11.1 Å². The third kappa shape index (κ3) is 2.62. The first kappa shape index (κ1) is 13.6. The van der Waals surface area contributed by atoms with Gasteiger partial charge in [0.1, 0.15) is 0 Å². The molecule has 106 valence electrons. The zero-order chi connectivity index (χ0) is 14.8. The van der Waals surface area contributed by atoms with E-state index in [1.165, 1.54) is 16.7 Å². The van der Waals surface area contributed by atoms with Crippen molar-refractivity contribution in [2.75, 3.05) is 0 Å². The molecule has 1 aliphatic carbocycles. The highest BCUT2D eigenvalue weighted by atomic mass is 16.4. The van der Waals surface area contributed by atoms with Gasteiger partial charge in [0.25, 0.3) is 0 Å². The Morgan fingerprint density at radius 2 is 2.00 bits per heavy atom.